The number of hydrogen-bond acceptors (Lipinski definition) is 5. The van der Waals surface area contributed by atoms with E-state index in [1.165, 1.54) is 29.2 Å². The predicted molar refractivity (Wildman–Crippen MR) is 110 cm³/mol. The number of nitrogens with zero attached hydrogens (tertiary/aromatic N) is 2. The molecule has 0 radical (unpaired) electrons. The molecular weight excluding hydrogens is 389 g/mol. The molecular formula is C22H24FN3O4. The van der Waals surface area contributed by atoms with Crippen LogP contribution < -0.4 is 15.1 Å². The van der Waals surface area contributed by atoms with Gasteiger partial charge in [-0.25, -0.2) is 9.18 Å². The SMILES string of the molecule is COCC(=O)NCC1CN(c2ccc(N3CCc4ccccc4C3)c(F)c2)C(=O)O1. The molecule has 1 saturated heterocycles. The first kappa shape index (κ1) is 20.2. The van der Waals surface area contributed by atoms with Gasteiger partial charge >= 0.3 is 6.09 Å². The van der Waals surface area contributed by atoms with Crippen LogP contribution >= 0.6 is 0 Å². The van der Waals surface area contributed by atoms with Gasteiger partial charge in [-0.15, -0.1) is 0 Å². The molecule has 0 aliphatic carbocycles. The minimum Gasteiger partial charge on any atom is -0.442 e. The van der Waals surface area contributed by atoms with Crippen LogP contribution in [-0.2, 0) is 27.2 Å². The number of carbonyl (C=O) groups excluding carboxylic acids is 2. The van der Waals surface area contributed by atoms with Crippen LogP contribution in [0.2, 0.25) is 0 Å². The van der Waals surface area contributed by atoms with Crippen molar-refractivity contribution in [2.45, 2.75) is 19.1 Å². The molecule has 0 spiro atoms. The molecule has 1 unspecified atom stereocenters. The molecule has 2 aromatic carbocycles. The van der Waals surface area contributed by atoms with Crippen LogP contribution in [0.25, 0.3) is 0 Å². The van der Waals surface area contributed by atoms with Gasteiger partial charge in [0, 0.05) is 20.2 Å². The number of ether oxygens (including phenoxy) is 2. The number of fused-ring (bicyclic) bond motifs is 1. The lowest BCUT2D eigenvalue weighted by Crippen LogP contribution is -2.36. The van der Waals surface area contributed by atoms with Gasteiger partial charge in [-0.1, -0.05) is 24.3 Å². The zero-order valence-corrected chi connectivity index (χ0v) is 16.8. The van der Waals surface area contributed by atoms with Gasteiger partial charge in [-0.3, -0.25) is 9.69 Å². The van der Waals surface area contributed by atoms with E-state index in [0.717, 1.165) is 13.0 Å². The number of hydrogen-bond donors (Lipinski definition) is 1. The zero-order valence-electron chi connectivity index (χ0n) is 16.8. The number of methoxy groups -OCH3 is 1. The van der Waals surface area contributed by atoms with Crippen molar-refractivity contribution in [1.29, 1.82) is 0 Å². The average molecular weight is 413 g/mol. The monoisotopic (exact) mass is 413 g/mol. The third-order valence-corrected chi connectivity index (χ3v) is 5.39. The molecule has 7 nitrogen and oxygen atoms in total. The van der Waals surface area contributed by atoms with Gasteiger partial charge in [0.05, 0.1) is 24.5 Å². The third kappa shape index (κ3) is 4.23. The van der Waals surface area contributed by atoms with Crippen LogP contribution in [0.15, 0.2) is 42.5 Å². The van der Waals surface area contributed by atoms with Crippen molar-refractivity contribution in [3.8, 4) is 0 Å². The largest absolute Gasteiger partial charge is 0.442 e. The van der Waals surface area contributed by atoms with Crippen LogP contribution in [0.1, 0.15) is 11.1 Å². The highest BCUT2D eigenvalue weighted by atomic mass is 19.1. The summed E-state index contributed by atoms with van der Waals surface area (Å²) in [5, 5.41) is 2.64. The molecule has 1 fully saturated rings. The number of benzene rings is 2. The van der Waals surface area contributed by atoms with Crippen molar-refractivity contribution < 1.29 is 23.5 Å². The van der Waals surface area contributed by atoms with Gasteiger partial charge in [-0.05, 0) is 35.7 Å². The van der Waals surface area contributed by atoms with E-state index < -0.39 is 12.2 Å². The van der Waals surface area contributed by atoms with Crippen LogP contribution in [0.4, 0.5) is 20.6 Å². The van der Waals surface area contributed by atoms with E-state index in [9.17, 15) is 14.0 Å². The summed E-state index contributed by atoms with van der Waals surface area (Å²) >= 11 is 0. The highest BCUT2D eigenvalue weighted by Crippen LogP contribution is 2.30. The normalized spacial score (nSPS) is 18.2. The Labute approximate surface area is 174 Å². The van der Waals surface area contributed by atoms with Gasteiger partial charge in [0.2, 0.25) is 5.91 Å². The minimum atomic E-state index is -0.556. The molecule has 2 aromatic rings. The lowest BCUT2D eigenvalue weighted by atomic mass is 9.99. The van der Waals surface area contributed by atoms with Gasteiger partial charge in [0.1, 0.15) is 18.5 Å². The van der Waals surface area contributed by atoms with Gasteiger partial charge in [-0.2, -0.15) is 0 Å². The molecule has 2 amide bonds. The summed E-state index contributed by atoms with van der Waals surface area (Å²) in [4.78, 5) is 27.1. The van der Waals surface area contributed by atoms with Crippen LogP contribution in [0.5, 0.6) is 0 Å². The van der Waals surface area contributed by atoms with Gasteiger partial charge in [0.25, 0.3) is 0 Å². The number of rotatable bonds is 6. The fraction of sp³-hybridized carbons (Fsp3) is 0.364. The van der Waals surface area contributed by atoms with E-state index in [2.05, 4.69) is 17.4 Å². The number of amides is 2. The van der Waals surface area contributed by atoms with Crippen molar-refractivity contribution in [2.75, 3.05) is 43.2 Å². The van der Waals surface area contributed by atoms with E-state index in [-0.39, 0.29) is 31.4 Å². The first-order chi connectivity index (χ1) is 14.5. The Morgan fingerprint density at radius 2 is 2.07 bits per heavy atom. The van der Waals surface area contributed by atoms with Crippen LogP contribution in [-0.4, -0.2) is 51.5 Å². The number of halogens is 1. The highest BCUT2D eigenvalue weighted by Gasteiger charge is 2.33. The summed E-state index contributed by atoms with van der Waals surface area (Å²) in [6, 6.07) is 13.0. The predicted octanol–water partition coefficient (Wildman–Crippen LogP) is 2.48. The Hall–Kier alpha value is -3.13. The van der Waals surface area contributed by atoms with E-state index in [4.69, 9.17) is 9.47 Å². The van der Waals surface area contributed by atoms with Gasteiger partial charge in [0.15, 0.2) is 0 Å². The lowest BCUT2D eigenvalue weighted by molar-refractivity contribution is -0.125. The second-order valence-corrected chi connectivity index (χ2v) is 7.43. The Bertz CT molecular complexity index is 952. The Morgan fingerprint density at radius 3 is 2.83 bits per heavy atom. The van der Waals surface area contributed by atoms with Crippen molar-refractivity contribution in [3.05, 3.63) is 59.4 Å². The Balaban J connectivity index is 1.42. The molecule has 8 heteroatoms. The molecule has 1 N–H and O–H groups in total. The quantitative estimate of drug-likeness (QED) is 0.788. The topological polar surface area (TPSA) is 71.1 Å². The average Bonchev–Trinajstić information content (AvgIpc) is 3.12. The zero-order chi connectivity index (χ0) is 21.1. The van der Waals surface area contributed by atoms with Crippen molar-refractivity contribution >= 4 is 23.4 Å². The molecule has 30 heavy (non-hydrogen) atoms. The standard InChI is InChI=1S/C22H24FN3O4/c1-29-14-21(27)24-11-18-13-26(22(28)30-18)17-6-7-20(19(23)10-17)25-9-8-15-4-2-3-5-16(15)12-25/h2-7,10,18H,8-9,11-14H2,1H3,(H,24,27). The smallest absolute Gasteiger partial charge is 0.414 e. The van der Waals surface area contributed by atoms with E-state index in [1.54, 1.807) is 12.1 Å². The maximum Gasteiger partial charge on any atom is 0.414 e. The van der Waals surface area contributed by atoms with E-state index in [1.807, 2.05) is 17.0 Å². The van der Waals surface area contributed by atoms with Crippen molar-refractivity contribution in [2.24, 2.45) is 0 Å². The van der Waals surface area contributed by atoms with Crippen LogP contribution in [0.3, 0.4) is 0 Å². The summed E-state index contributed by atoms with van der Waals surface area (Å²) in [5.74, 6) is -0.665. The Morgan fingerprint density at radius 1 is 1.27 bits per heavy atom. The molecule has 2 aliphatic rings. The summed E-state index contributed by atoms with van der Waals surface area (Å²) in [6.07, 6.45) is -0.189. The van der Waals surface area contributed by atoms with Crippen molar-refractivity contribution in [3.63, 3.8) is 0 Å². The molecule has 158 valence electrons. The molecule has 0 saturated carbocycles. The van der Waals surface area contributed by atoms with Crippen LogP contribution in [0, 0.1) is 5.82 Å². The molecule has 0 aromatic heterocycles. The first-order valence-corrected chi connectivity index (χ1v) is 9.90. The van der Waals surface area contributed by atoms with E-state index in [0.29, 0.717) is 17.9 Å². The Kier molecular flexibility index (Phi) is 5.85. The molecule has 4 rings (SSSR count). The first-order valence-electron chi connectivity index (χ1n) is 9.90. The summed E-state index contributed by atoms with van der Waals surface area (Å²) < 4.78 is 25.0. The number of anilines is 2. The highest BCUT2D eigenvalue weighted by molar-refractivity contribution is 5.90. The lowest BCUT2D eigenvalue weighted by Gasteiger charge is -2.31. The summed E-state index contributed by atoms with van der Waals surface area (Å²) in [6.45, 7) is 1.75. The van der Waals surface area contributed by atoms with Crippen molar-refractivity contribution in [1.82, 2.24) is 5.32 Å². The number of carbonyl (C=O) groups is 2. The third-order valence-electron chi connectivity index (χ3n) is 5.39. The molecule has 2 aliphatic heterocycles. The van der Waals surface area contributed by atoms with Gasteiger partial charge < -0.3 is 19.7 Å². The fourth-order valence-electron chi connectivity index (χ4n) is 3.87. The maximum atomic E-state index is 14.9. The molecule has 1 atom stereocenters. The fourth-order valence-corrected chi connectivity index (χ4v) is 3.87. The maximum absolute atomic E-state index is 14.9. The van der Waals surface area contributed by atoms with E-state index >= 15 is 0 Å². The second kappa shape index (κ2) is 8.71. The number of cyclic esters (lactones) is 1. The summed E-state index contributed by atoms with van der Waals surface area (Å²) in [7, 11) is 1.43. The second-order valence-electron chi connectivity index (χ2n) is 7.43. The molecule has 0 bridgehead atoms. The molecule has 2 heterocycles. The minimum absolute atomic E-state index is 0.0575. The number of nitrogens with one attached hydrogen (secondary N) is 1. The summed E-state index contributed by atoms with van der Waals surface area (Å²) in [5.41, 5.74) is 3.46.